The third-order valence-electron chi connectivity index (χ3n) is 2.34. The highest BCUT2D eigenvalue weighted by Gasteiger charge is 2.06. The molecule has 2 heterocycles. The minimum atomic E-state index is 0.627. The summed E-state index contributed by atoms with van der Waals surface area (Å²) in [7, 11) is 0. The molecule has 0 spiro atoms. The van der Waals surface area contributed by atoms with Crippen molar-refractivity contribution in [3.8, 4) is 0 Å². The number of thiazole rings is 1. The molecule has 0 aliphatic heterocycles. The van der Waals surface area contributed by atoms with Crippen molar-refractivity contribution in [1.82, 2.24) is 15.1 Å². The molecule has 0 saturated carbocycles. The van der Waals surface area contributed by atoms with Crippen molar-refractivity contribution in [2.45, 2.75) is 31.9 Å². The van der Waals surface area contributed by atoms with Crippen molar-refractivity contribution in [3.63, 3.8) is 0 Å². The lowest BCUT2D eigenvalue weighted by Crippen LogP contribution is -1.92. The van der Waals surface area contributed by atoms with E-state index in [2.05, 4.69) is 22.0 Å². The zero-order chi connectivity index (χ0) is 12.8. The predicted molar refractivity (Wildman–Crippen MR) is 74.7 cm³/mol. The fraction of sp³-hybridized carbons (Fsp3) is 0.545. The standard InChI is InChI=1S/C11H16N4OS2/c1-2-17-7-9-14-10(16-15-9)5-3-4-8-6-18-11(12)13-8/h6H,2-5,7H2,1H3,(H2,12,13). The summed E-state index contributed by atoms with van der Waals surface area (Å²) in [5.74, 6) is 3.39. The second-order valence-corrected chi connectivity index (χ2v) is 5.94. The Balaban J connectivity index is 1.74. The van der Waals surface area contributed by atoms with Gasteiger partial charge in [0.05, 0.1) is 11.4 Å². The van der Waals surface area contributed by atoms with E-state index >= 15 is 0 Å². The fourth-order valence-corrected chi connectivity index (χ4v) is 2.60. The van der Waals surface area contributed by atoms with Crippen LogP contribution in [0.15, 0.2) is 9.90 Å². The Kier molecular flexibility index (Phi) is 5.00. The molecule has 0 saturated heterocycles. The van der Waals surface area contributed by atoms with Crippen LogP contribution < -0.4 is 5.73 Å². The van der Waals surface area contributed by atoms with Crippen LogP contribution in [-0.4, -0.2) is 20.9 Å². The number of nitrogens with zero attached hydrogens (tertiary/aromatic N) is 3. The zero-order valence-electron chi connectivity index (χ0n) is 10.3. The average molecular weight is 284 g/mol. The van der Waals surface area contributed by atoms with Crippen LogP contribution in [0.25, 0.3) is 0 Å². The first kappa shape index (κ1) is 13.4. The summed E-state index contributed by atoms with van der Waals surface area (Å²) in [6, 6.07) is 0. The first-order chi connectivity index (χ1) is 8.78. The Bertz CT molecular complexity index is 483. The zero-order valence-corrected chi connectivity index (χ0v) is 11.9. The molecule has 2 N–H and O–H groups in total. The Morgan fingerprint density at radius 2 is 2.28 bits per heavy atom. The Morgan fingerprint density at radius 1 is 1.39 bits per heavy atom. The van der Waals surface area contributed by atoms with Crippen molar-refractivity contribution in [2.75, 3.05) is 11.5 Å². The molecule has 5 nitrogen and oxygen atoms in total. The van der Waals surface area contributed by atoms with E-state index in [-0.39, 0.29) is 0 Å². The van der Waals surface area contributed by atoms with Crippen LogP contribution in [0.5, 0.6) is 0 Å². The summed E-state index contributed by atoms with van der Waals surface area (Å²) in [6.45, 7) is 2.12. The lowest BCUT2D eigenvalue weighted by Gasteiger charge is -1.93. The topological polar surface area (TPSA) is 77.8 Å². The molecule has 0 aliphatic carbocycles. The molecule has 7 heteroatoms. The molecule has 0 unspecified atom stereocenters. The highest BCUT2D eigenvalue weighted by molar-refractivity contribution is 7.98. The van der Waals surface area contributed by atoms with Gasteiger partial charge >= 0.3 is 0 Å². The summed E-state index contributed by atoms with van der Waals surface area (Å²) in [6.07, 6.45) is 2.64. The van der Waals surface area contributed by atoms with Crippen molar-refractivity contribution in [1.29, 1.82) is 0 Å². The Labute approximate surface area is 114 Å². The van der Waals surface area contributed by atoms with Gasteiger partial charge in [-0.15, -0.1) is 11.3 Å². The summed E-state index contributed by atoms with van der Waals surface area (Å²) in [4.78, 5) is 8.56. The van der Waals surface area contributed by atoms with Gasteiger partial charge in [0, 0.05) is 11.8 Å². The van der Waals surface area contributed by atoms with E-state index in [0.29, 0.717) is 11.0 Å². The van der Waals surface area contributed by atoms with Gasteiger partial charge in [0.15, 0.2) is 11.0 Å². The summed E-state index contributed by atoms with van der Waals surface area (Å²) in [5.41, 5.74) is 6.62. The number of aryl methyl sites for hydroxylation is 2. The highest BCUT2D eigenvalue weighted by atomic mass is 32.2. The Hall–Kier alpha value is -1.08. The number of hydrogen-bond acceptors (Lipinski definition) is 7. The van der Waals surface area contributed by atoms with E-state index in [0.717, 1.165) is 42.3 Å². The number of anilines is 1. The van der Waals surface area contributed by atoms with Crippen LogP contribution in [-0.2, 0) is 18.6 Å². The van der Waals surface area contributed by atoms with E-state index in [1.54, 1.807) is 11.8 Å². The smallest absolute Gasteiger partial charge is 0.226 e. The average Bonchev–Trinajstić information content (AvgIpc) is 2.96. The number of rotatable bonds is 7. The third-order valence-corrected chi connectivity index (χ3v) is 3.93. The molecule has 0 radical (unpaired) electrons. The number of nitrogens with two attached hydrogens (primary N) is 1. The molecule has 2 aromatic rings. The van der Waals surface area contributed by atoms with E-state index in [1.165, 1.54) is 11.3 Å². The van der Waals surface area contributed by atoms with Gasteiger partial charge in [-0.1, -0.05) is 12.1 Å². The van der Waals surface area contributed by atoms with E-state index < -0.39 is 0 Å². The van der Waals surface area contributed by atoms with Crippen LogP contribution in [0.3, 0.4) is 0 Å². The minimum absolute atomic E-state index is 0.627. The van der Waals surface area contributed by atoms with Crippen LogP contribution in [0.4, 0.5) is 5.13 Å². The summed E-state index contributed by atoms with van der Waals surface area (Å²) < 4.78 is 5.19. The fourth-order valence-electron chi connectivity index (χ4n) is 1.50. The lowest BCUT2D eigenvalue weighted by atomic mass is 10.2. The second-order valence-electron chi connectivity index (χ2n) is 3.77. The van der Waals surface area contributed by atoms with Crippen LogP contribution >= 0.6 is 23.1 Å². The van der Waals surface area contributed by atoms with Gasteiger partial charge < -0.3 is 10.3 Å². The molecule has 0 aromatic carbocycles. The molecule has 98 valence electrons. The molecular formula is C11H16N4OS2. The maximum atomic E-state index is 5.58. The van der Waals surface area contributed by atoms with Gasteiger partial charge in [0.1, 0.15) is 0 Å². The molecule has 2 aromatic heterocycles. The molecular weight excluding hydrogens is 268 g/mol. The lowest BCUT2D eigenvalue weighted by molar-refractivity contribution is 0.371. The SMILES string of the molecule is CCSCc1noc(CCCc2csc(N)n2)n1. The first-order valence-corrected chi connectivity index (χ1v) is 7.90. The van der Waals surface area contributed by atoms with Crippen molar-refractivity contribution >= 4 is 28.2 Å². The van der Waals surface area contributed by atoms with Gasteiger partial charge in [0.25, 0.3) is 0 Å². The van der Waals surface area contributed by atoms with E-state index in [1.807, 2.05) is 5.38 Å². The molecule has 0 atom stereocenters. The maximum absolute atomic E-state index is 5.58. The van der Waals surface area contributed by atoms with Gasteiger partial charge in [-0.05, 0) is 18.6 Å². The summed E-state index contributed by atoms with van der Waals surface area (Å²) >= 11 is 3.27. The van der Waals surface area contributed by atoms with Gasteiger partial charge in [-0.25, -0.2) is 4.98 Å². The van der Waals surface area contributed by atoms with Crippen molar-refractivity contribution in [3.05, 3.63) is 22.8 Å². The maximum Gasteiger partial charge on any atom is 0.226 e. The predicted octanol–water partition coefficient (Wildman–Crippen LogP) is 2.54. The van der Waals surface area contributed by atoms with E-state index in [9.17, 15) is 0 Å². The Morgan fingerprint density at radius 3 is 3.00 bits per heavy atom. The quantitative estimate of drug-likeness (QED) is 0.842. The summed E-state index contributed by atoms with van der Waals surface area (Å²) in [5, 5.41) is 6.56. The number of thioether (sulfide) groups is 1. The number of nitrogen functional groups attached to an aromatic ring is 1. The van der Waals surface area contributed by atoms with Gasteiger partial charge in [-0.2, -0.15) is 16.7 Å². The number of aromatic nitrogens is 3. The number of hydrogen-bond donors (Lipinski definition) is 1. The van der Waals surface area contributed by atoms with Crippen LogP contribution in [0.2, 0.25) is 0 Å². The van der Waals surface area contributed by atoms with Crippen LogP contribution in [0, 0.1) is 0 Å². The van der Waals surface area contributed by atoms with Crippen molar-refractivity contribution < 1.29 is 4.52 Å². The molecule has 0 amide bonds. The molecule has 0 bridgehead atoms. The molecule has 0 aliphatic rings. The van der Waals surface area contributed by atoms with E-state index in [4.69, 9.17) is 10.3 Å². The first-order valence-electron chi connectivity index (χ1n) is 5.87. The van der Waals surface area contributed by atoms with Gasteiger partial charge in [0.2, 0.25) is 5.89 Å². The normalized spacial score (nSPS) is 10.9. The minimum Gasteiger partial charge on any atom is -0.375 e. The van der Waals surface area contributed by atoms with Crippen LogP contribution in [0.1, 0.15) is 30.8 Å². The molecule has 2 rings (SSSR count). The highest BCUT2D eigenvalue weighted by Crippen LogP contribution is 2.14. The van der Waals surface area contributed by atoms with Crippen molar-refractivity contribution in [2.24, 2.45) is 0 Å². The molecule has 0 fully saturated rings. The molecule has 18 heavy (non-hydrogen) atoms. The monoisotopic (exact) mass is 284 g/mol. The largest absolute Gasteiger partial charge is 0.375 e. The third kappa shape index (κ3) is 3.99. The second kappa shape index (κ2) is 6.75. The van der Waals surface area contributed by atoms with Gasteiger partial charge in [-0.3, -0.25) is 0 Å².